The van der Waals surface area contributed by atoms with Gasteiger partial charge in [-0.2, -0.15) is 0 Å². The Hall–Kier alpha value is -2.99. The molecule has 0 saturated carbocycles. The van der Waals surface area contributed by atoms with Crippen molar-refractivity contribution in [1.82, 2.24) is 14.7 Å². The van der Waals surface area contributed by atoms with E-state index in [1.165, 1.54) is 6.08 Å². The predicted molar refractivity (Wildman–Crippen MR) is 101 cm³/mol. The monoisotopic (exact) mass is 371 g/mol. The molecule has 1 amide bonds. The maximum Gasteiger partial charge on any atom is 0.244 e. The molecular weight excluding hydrogens is 354 g/mol. The number of carbonyl (C=O) groups is 1. The fourth-order valence-corrected chi connectivity index (χ4v) is 2.64. The number of hydrogen-bond acceptors (Lipinski definition) is 4. The molecule has 1 aromatic carbocycles. The molecule has 0 bridgehead atoms. The summed E-state index contributed by atoms with van der Waals surface area (Å²) in [6.45, 7) is 0.328. The fraction of sp³-hybridized carbons (Fsp3) is 0.158. The summed E-state index contributed by atoms with van der Waals surface area (Å²) in [5.41, 5.74) is 2.36. The molecule has 0 atom stereocenters. The number of benzene rings is 1. The number of nitrogens with zero attached hydrogens (tertiary/aromatic N) is 2. The van der Waals surface area contributed by atoms with E-state index in [4.69, 9.17) is 21.1 Å². The van der Waals surface area contributed by atoms with Crippen LogP contribution in [0.3, 0.4) is 0 Å². The van der Waals surface area contributed by atoms with Gasteiger partial charge in [-0.15, -0.1) is 0 Å². The zero-order valence-corrected chi connectivity index (χ0v) is 15.2. The number of aromatic nitrogens is 2. The molecule has 2 heterocycles. The number of hydrogen-bond donors (Lipinski definition) is 1. The summed E-state index contributed by atoms with van der Waals surface area (Å²) >= 11 is 5.95. The first-order valence-corrected chi connectivity index (χ1v) is 8.28. The lowest BCUT2D eigenvalue weighted by molar-refractivity contribution is -0.116. The third kappa shape index (κ3) is 4.15. The number of fused-ring (bicyclic) bond motifs is 1. The Morgan fingerprint density at radius 1 is 1.19 bits per heavy atom. The van der Waals surface area contributed by atoms with Crippen molar-refractivity contribution < 1.29 is 14.3 Å². The van der Waals surface area contributed by atoms with Crippen molar-refractivity contribution in [3.8, 4) is 11.5 Å². The zero-order valence-electron chi connectivity index (χ0n) is 14.4. The third-order valence-corrected chi connectivity index (χ3v) is 3.97. The lowest BCUT2D eigenvalue weighted by atomic mass is 10.2. The molecule has 0 fully saturated rings. The van der Waals surface area contributed by atoms with Crippen LogP contribution in [0, 0.1) is 0 Å². The van der Waals surface area contributed by atoms with Crippen molar-refractivity contribution in [2.45, 2.75) is 6.54 Å². The number of amides is 1. The molecule has 1 N–H and O–H groups in total. The second-order valence-corrected chi connectivity index (χ2v) is 5.95. The number of methoxy groups -OCH3 is 2. The minimum Gasteiger partial charge on any atom is -0.493 e. The molecule has 0 aliphatic heterocycles. The number of pyridine rings is 1. The minimum atomic E-state index is -0.213. The van der Waals surface area contributed by atoms with Gasteiger partial charge in [-0.3, -0.25) is 4.79 Å². The maximum absolute atomic E-state index is 12.0. The van der Waals surface area contributed by atoms with Gasteiger partial charge in [0.15, 0.2) is 11.5 Å². The molecule has 2 aromatic heterocycles. The molecule has 26 heavy (non-hydrogen) atoms. The van der Waals surface area contributed by atoms with Gasteiger partial charge in [-0.05, 0) is 35.9 Å². The van der Waals surface area contributed by atoms with Crippen LogP contribution in [0.25, 0.3) is 11.7 Å². The molecule has 0 unspecified atom stereocenters. The van der Waals surface area contributed by atoms with Crippen LogP contribution in [0.15, 0.2) is 48.8 Å². The van der Waals surface area contributed by atoms with Crippen molar-refractivity contribution in [3.63, 3.8) is 0 Å². The summed E-state index contributed by atoms with van der Waals surface area (Å²) in [5.74, 6) is 1.04. The van der Waals surface area contributed by atoms with Gasteiger partial charge in [0.2, 0.25) is 5.91 Å². The van der Waals surface area contributed by atoms with Gasteiger partial charge in [0.05, 0.1) is 31.5 Å². The van der Waals surface area contributed by atoms with Gasteiger partial charge in [0.25, 0.3) is 0 Å². The van der Waals surface area contributed by atoms with Gasteiger partial charge in [0, 0.05) is 18.5 Å². The number of ether oxygens (including phenoxy) is 2. The Morgan fingerprint density at radius 2 is 2.00 bits per heavy atom. The van der Waals surface area contributed by atoms with E-state index in [9.17, 15) is 4.79 Å². The normalized spacial score (nSPS) is 11.0. The number of carbonyl (C=O) groups excluding carboxylic acids is 1. The second-order valence-electron chi connectivity index (χ2n) is 5.51. The molecule has 0 aliphatic rings. The van der Waals surface area contributed by atoms with Gasteiger partial charge in [-0.1, -0.05) is 17.7 Å². The lowest BCUT2D eigenvalue weighted by Gasteiger charge is -2.07. The smallest absolute Gasteiger partial charge is 0.244 e. The first-order valence-electron chi connectivity index (χ1n) is 7.90. The van der Waals surface area contributed by atoms with Crippen LogP contribution in [0.5, 0.6) is 11.5 Å². The molecule has 7 heteroatoms. The Morgan fingerprint density at radius 3 is 2.77 bits per heavy atom. The molecule has 3 aromatic rings. The summed E-state index contributed by atoms with van der Waals surface area (Å²) in [6, 6.07) is 9.03. The second kappa shape index (κ2) is 7.93. The Balaban J connectivity index is 1.62. The summed E-state index contributed by atoms with van der Waals surface area (Å²) in [4.78, 5) is 16.4. The van der Waals surface area contributed by atoms with Crippen LogP contribution in [0.1, 0.15) is 11.3 Å². The molecule has 0 radical (unpaired) electrons. The number of nitrogens with one attached hydrogen (secondary N) is 1. The average molecular weight is 372 g/mol. The largest absolute Gasteiger partial charge is 0.493 e. The van der Waals surface area contributed by atoms with E-state index >= 15 is 0 Å². The van der Waals surface area contributed by atoms with E-state index in [2.05, 4.69) is 10.3 Å². The van der Waals surface area contributed by atoms with Crippen molar-refractivity contribution >= 4 is 29.2 Å². The molecule has 3 rings (SSSR count). The average Bonchev–Trinajstić information content (AvgIpc) is 3.06. The number of halogens is 1. The van der Waals surface area contributed by atoms with Crippen LogP contribution in [-0.4, -0.2) is 29.5 Å². The van der Waals surface area contributed by atoms with Crippen molar-refractivity contribution in [3.05, 3.63) is 65.1 Å². The maximum atomic E-state index is 12.0. The molecule has 0 saturated heterocycles. The molecule has 134 valence electrons. The molecular formula is C19H18ClN3O3. The Bertz CT molecular complexity index is 966. The van der Waals surface area contributed by atoms with E-state index in [-0.39, 0.29) is 5.91 Å². The van der Waals surface area contributed by atoms with E-state index in [0.717, 1.165) is 16.9 Å². The summed E-state index contributed by atoms with van der Waals surface area (Å²) in [5, 5.41) is 3.43. The van der Waals surface area contributed by atoms with Crippen LogP contribution in [0.4, 0.5) is 0 Å². The summed E-state index contributed by atoms with van der Waals surface area (Å²) in [7, 11) is 3.15. The first-order chi connectivity index (χ1) is 12.6. The summed E-state index contributed by atoms with van der Waals surface area (Å²) < 4.78 is 12.3. The first kappa shape index (κ1) is 17.8. The van der Waals surface area contributed by atoms with E-state index in [0.29, 0.717) is 23.1 Å². The fourth-order valence-electron chi connectivity index (χ4n) is 2.47. The lowest BCUT2D eigenvalue weighted by Crippen LogP contribution is -2.20. The topological polar surface area (TPSA) is 64.9 Å². The highest BCUT2D eigenvalue weighted by Crippen LogP contribution is 2.27. The van der Waals surface area contributed by atoms with Gasteiger partial charge < -0.3 is 19.2 Å². The predicted octanol–water partition coefficient (Wildman–Crippen LogP) is 3.33. The van der Waals surface area contributed by atoms with E-state index in [1.807, 2.05) is 22.7 Å². The van der Waals surface area contributed by atoms with E-state index < -0.39 is 0 Å². The van der Waals surface area contributed by atoms with Crippen molar-refractivity contribution in [2.75, 3.05) is 14.2 Å². The zero-order chi connectivity index (χ0) is 18.5. The molecule has 6 nitrogen and oxygen atoms in total. The van der Waals surface area contributed by atoms with Gasteiger partial charge >= 0.3 is 0 Å². The molecule has 0 spiro atoms. The van der Waals surface area contributed by atoms with Gasteiger partial charge in [-0.25, -0.2) is 4.98 Å². The van der Waals surface area contributed by atoms with Crippen LogP contribution < -0.4 is 14.8 Å². The van der Waals surface area contributed by atoms with Crippen molar-refractivity contribution in [2.24, 2.45) is 0 Å². The van der Waals surface area contributed by atoms with Gasteiger partial charge in [0.1, 0.15) is 5.65 Å². The highest BCUT2D eigenvalue weighted by atomic mass is 35.5. The summed E-state index contributed by atoms with van der Waals surface area (Å²) in [6.07, 6.45) is 6.78. The number of rotatable bonds is 6. The van der Waals surface area contributed by atoms with E-state index in [1.54, 1.807) is 44.7 Å². The highest BCUT2D eigenvalue weighted by molar-refractivity contribution is 6.30. The third-order valence-electron chi connectivity index (χ3n) is 3.74. The SMILES string of the molecule is COc1ccc(/C=C/C(=O)NCc2cn3cc(Cl)ccc3n2)cc1OC. The van der Waals surface area contributed by atoms with Crippen LogP contribution in [-0.2, 0) is 11.3 Å². The molecule has 0 aliphatic carbocycles. The Labute approximate surface area is 156 Å². The van der Waals surface area contributed by atoms with Crippen LogP contribution >= 0.6 is 11.6 Å². The minimum absolute atomic E-state index is 0.213. The quantitative estimate of drug-likeness (QED) is 0.675. The number of imidazole rings is 1. The van der Waals surface area contributed by atoms with Crippen LogP contribution in [0.2, 0.25) is 5.02 Å². The van der Waals surface area contributed by atoms with Crippen molar-refractivity contribution in [1.29, 1.82) is 0 Å². The standard InChI is InChI=1S/C19H18ClN3O3/c1-25-16-6-3-13(9-17(16)26-2)4-8-19(24)21-10-15-12-23-11-14(20)5-7-18(23)22-15/h3-9,11-12H,10H2,1-2H3,(H,21,24)/b8-4+. The highest BCUT2D eigenvalue weighted by Gasteiger charge is 2.05. The Kier molecular flexibility index (Phi) is 5.43.